The lowest BCUT2D eigenvalue weighted by molar-refractivity contribution is -0.120. The molecule has 24 heavy (non-hydrogen) atoms. The van der Waals surface area contributed by atoms with Crippen LogP contribution in [0, 0.1) is 5.92 Å². The first-order chi connectivity index (χ1) is 11.7. The summed E-state index contributed by atoms with van der Waals surface area (Å²) in [5.41, 5.74) is 1.43. The molecule has 1 aliphatic heterocycles. The topological polar surface area (TPSA) is 61.4 Å². The summed E-state index contributed by atoms with van der Waals surface area (Å²) < 4.78 is 0. The SMILES string of the molecule is CCCN(CCC)C(=O)c1ccc(NC(=O)C2CCNCC2)cc1. The maximum absolute atomic E-state index is 12.5. The van der Waals surface area contributed by atoms with Crippen LogP contribution in [0.5, 0.6) is 0 Å². The molecular weight excluding hydrogens is 302 g/mol. The third-order valence-electron chi connectivity index (χ3n) is 4.38. The summed E-state index contributed by atoms with van der Waals surface area (Å²) in [6.07, 6.45) is 3.67. The van der Waals surface area contributed by atoms with Crippen LogP contribution >= 0.6 is 0 Å². The van der Waals surface area contributed by atoms with E-state index >= 15 is 0 Å². The normalized spacial score (nSPS) is 15.1. The lowest BCUT2D eigenvalue weighted by Crippen LogP contribution is -2.34. The average Bonchev–Trinajstić information content (AvgIpc) is 2.62. The van der Waals surface area contributed by atoms with Crippen LogP contribution in [0.3, 0.4) is 0 Å². The van der Waals surface area contributed by atoms with Crippen LogP contribution in [0.25, 0.3) is 0 Å². The van der Waals surface area contributed by atoms with E-state index in [-0.39, 0.29) is 17.7 Å². The molecule has 1 aromatic carbocycles. The summed E-state index contributed by atoms with van der Waals surface area (Å²) in [4.78, 5) is 26.7. The third kappa shape index (κ3) is 5.06. The van der Waals surface area contributed by atoms with E-state index in [2.05, 4.69) is 24.5 Å². The van der Waals surface area contributed by atoms with E-state index < -0.39 is 0 Å². The highest BCUT2D eigenvalue weighted by Gasteiger charge is 2.21. The molecule has 0 aromatic heterocycles. The van der Waals surface area contributed by atoms with E-state index in [4.69, 9.17) is 0 Å². The van der Waals surface area contributed by atoms with Crippen LogP contribution in [0.1, 0.15) is 49.9 Å². The van der Waals surface area contributed by atoms with Gasteiger partial charge in [-0.15, -0.1) is 0 Å². The summed E-state index contributed by atoms with van der Waals surface area (Å²) in [6, 6.07) is 7.25. The van der Waals surface area contributed by atoms with Gasteiger partial charge in [-0.2, -0.15) is 0 Å². The number of hydrogen-bond acceptors (Lipinski definition) is 3. The Labute approximate surface area is 144 Å². The van der Waals surface area contributed by atoms with Crippen LogP contribution in [0.2, 0.25) is 0 Å². The van der Waals surface area contributed by atoms with Crippen LogP contribution in [0.15, 0.2) is 24.3 Å². The molecule has 1 saturated heterocycles. The molecule has 2 rings (SSSR count). The van der Waals surface area contributed by atoms with Gasteiger partial charge in [0.15, 0.2) is 0 Å². The molecule has 0 aliphatic carbocycles. The molecule has 0 atom stereocenters. The van der Waals surface area contributed by atoms with Crippen LogP contribution in [-0.2, 0) is 4.79 Å². The van der Waals surface area contributed by atoms with E-state index in [1.807, 2.05) is 17.0 Å². The summed E-state index contributed by atoms with van der Waals surface area (Å²) in [7, 11) is 0. The summed E-state index contributed by atoms with van der Waals surface area (Å²) in [6.45, 7) is 7.51. The standard InChI is InChI=1S/C19H29N3O2/c1-3-13-22(14-4-2)19(24)16-5-7-17(8-6-16)21-18(23)15-9-11-20-12-10-15/h5-8,15,20H,3-4,9-14H2,1-2H3,(H,21,23). The number of piperidine rings is 1. The summed E-state index contributed by atoms with van der Waals surface area (Å²) >= 11 is 0. The summed E-state index contributed by atoms with van der Waals surface area (Å²) in [5.74, 6) is 0.223. The summed E-state index contributed by atoms with van der Waals surface area (Å²) in [5, 5.41) is 6.23. The zero-order valence-corrected chi connectivity index (χ0v) is 14.8. The first kappa shape index (κ1) is 18.5. The fourth-order valence-corrected chi connectivity index (χ4v) is 3.06. The predicted octanol–water partition coefficient (Wildman–Crippen LogP) is 2.89. The fraction of sp³-hybridized carbons (Fsp3) is 0.579. The van der Waals surface area contributed by atoms with Gasteiger partial charge in [-0.25, -0.2) is 0 Å². The Morgan fingerprint density at radius 1 is 1.08 bits per heavy atom. The molecule has 0 bridgehead atoms. The van der Waals surface area contributed by atoms with Gasteiger partial charge in [-0.05, 0) is 63.0 Å². The smallest absolute Gasteiger partial charge is 0.253 e. The predicted molar refractivity (Wildman–Crippen MR) is 97.2 cm³/mol. The van der Waals surface area contributed by atoms with E-state index in [0.717, 1.165) is 57.5 Å². The molecule has 0 unspecified atom stereocenters. The molecule has 2 N–H and O–H groups in total. The zero-order valence-electron chi connectivity index (χ0n) is 14.8. The number of anilines is 1. The van der Waals surface area contributed by atoms with Crippen LogP contribution in [0.4, 0.5) is 5.69 Å². The van der Waals surface area contributed by atoms with Crippen molar-refractivity contribution in [1.29, 1.82) is 0 Å². The number of amides is 2. The number of hydrogen-bond donors (Lipinski definition) is 2. The monoisotopic (exact) mass is 331 g/mol. The molecule has 1 fully saturated rings. The van der Waals surface area contributed by atoms with E-state index in [0.29, 0.717) is 5.56 Å². The van der Waals surface area contributed by atoms with Gasteiger partial charge in [0, 0.05) is 30.3 Å². The Kier molecular flexibility index (Phi) is 7.25. The van der Waals surface area contributed by atoms with Crippen molar-refractivity contribution < 1.29 is 9.59 Å². The van der Waals surface area contributed by atoms with E-state index in [9.17, 15) is 9.59 Å². The minimum Gasteiger partial charge on any atom is -0.339 e. The molecule has 0 spiro atoms. The van der Waals surface area contributed by atoms with Gasteiger partial charge in [0.1, 0.15) is 0 Å². The number of carbonyl (C=O) groups is 2. The molecule has 132 valence electrons. The van der Waals surface area contributed by atoms with Crippen molar-refractivity contribution in [3.8, 4) is 0 Å². The highest BCUT2D eigenvalue weighted by molar-refractivity contribution is 5.96. The van der Waals surface area contributed by atoms with Gasteiger partial charge in [0.25, 0.3) is 5.91 Å². The van der Waals surface area contributed by atoms with E-state index in [1.165, 1.54) is 0 Å². The Morgan fingerprint density at radius 2 is 1.67 bits per heavy atom. The fourth-order valence-electron chi connectivity index (χ4n) is 3.06. The highest BCUT2D eigenvalue weighted by atomic mass is 16.2. The molecule has 0 saturated carbocycles. The lowest BCUT2D eigenvalue weighted by atomic mass is 9.97. The second-order valence-corrected chi connectivity index (χ2v) is 6.38. The van der Waals surface area contributed by atoms with Gasteiger partial charge in [-0.3, -0.25) is 9.59 Å². The number of rotatable bonds is 7. The first-order valence-corrected chi connectivity index (χ1v) is 9.06. The number of nitrogens with zero attached hydrogens (tertiary/aromatic N) is 1. The Balaban J connectivity index is 1.96. The molecule has 5 heteroatoms. The Morgan fingerprint density at radius 3 is 2.21 bits per heavy atom. The van der Waals surface area contributed by atoms with Gasteiger partial charge >= 0.3 is 0 Å². The van der Waals surface area contributed by atoms with Crippen molar-refractivity contribution in [2.24, 2.45) is 5.92 Å². The van der Waals surface area contributed by atoms with Crippen LogP contribution in [-0.4, -0.2) is 42.9 Å². The van der Waals surface area contributed by atoms with Crippen molar-refractivity contribution >= 4 is 17.5 Å². The average molecular weight is 331 g/mol. The quantitative estimate of drug-likeness (QED) is 0.807. The van der Waals surface area contributed by atoms with Crippen molar-refractivity contribution in [2.45, 2.75) is 39.5 Å². The van der Waals surface area contributed by atoms with Crippen molar-refractivity contribution in [3.63, 3.8) is 0 Å². The third-order valence-corrected chi connectivity index (χ3v) is 4.38. The van der Waals surface area contributed by atoms with Gasteiger partial charge in [-0.1, -0.05) is 13.8 Å². The van der Waals surface area contributed by atoms with Gasteiger partial charge < -0.3 is 15.5 Å². The van der Waals surface area contributed by atoms with Crippen molar-refractivity contribution in [1.82, 2.24) is 10.2 Å². The molecule has 0 radical (unpaired) electrons. The first-order valence-electron chi connectivity index (χ1n) is 9.06. The number of benzene rings is 1. The zero-order chi connectivity index (χ0) is 17.4. The van der Waals surface area contributed by atoms with Crippen molar-refractivity contribution in [3.05, 3.63) is 29.8 Å². The van der Waals surface area contributed by atoms with Gasteiger partial charge in [0.2, 0.25) is 5.91 Å². The molecular formula is C19H29N3O2. The van der Waals surface area contributed by atoms with Crippen molar-refractivity contribution in [2.75, 3.05) is 31.5 Å². The molecule has 2 amide bonds. The highest BCUT2D eigenvalue weighted by Crippen LogP contribution is 2.17. The minimum atomic E-state index is 0.0648. The van der Waals surface area contributed by atoms with E-state index in [1.54, 1.807) is 12.1 Å². The van der Waals surface area contributed by atoms with Gasteiger partial charge in [0.05, 0.1) is 0 Å². The molecule has 1 aliphatic rings. The number of carbonyl (C=O) groups excluding carboxylic acids is 2. The maximum atomic E-state index is 12.5. The molecule has 1 aromatic rings. The number of nitrogens with one attached hydrogen (secondary N) is 2. The Bertz CT molecular complexity index is 530. The largest absolute Gasteiger partial charge is 0.339 e. The second-order valence-electron chi connectivity index (χ2n) is 6.38. The maximum Gasteiger partial charge on any atom is 0.253 e. The lowest BCUT2D eigenvalue weighted by Gasteiger charge is -2.22. The molecule has 5 nitrogen and oxygen atoms in total. The molecule has 1 heterocycles. The Hall–Kier alpha value is -1.88. The second kappa shape index (κ2) is 9.42. The van der Waals surface area contributed by atoms with Crippen LogP contribution < -0.4 is 10.6 Å². The minimum absolute atomic E-state index is 0.0648.